The number of H-pyrrole nitrogens is 1. The molecule has 3 rings (SSSR count). The molecule has 0 spiro atoms. The van der Waals surface area contributed by atoms with E-state index in [0.29, 0.717) is 10.7 Å². The normalized spacial score (nSPS) is 10.7. The Morgan fingerprint density at radius 3 is 2.94 bits per heavy atom. The first kappa shape index (κ1) is 10.8. The zero-order valence-corrected chi connectivity index (χ0v) is 10.5. The van der Waals surface area contributed by atoms with Gasteiger partial charge in [-0.25, -0.2) is 4.98 Å². The molecule has 0 aliphatic rings. The molecule has 0 fully saturated rings. The zero-order valence-electron chi connectivity index (χ0n) is 9.69. The van der Waals surface area contributed by atoms with Crippen LogP contribution in [0.2, 0.25) is 0 Å². The lowest BCUT2D eigenvalue weighted by molar-refractivity contribution is 1.38. The maximum atomic E-state index is 8.96. The standard InChI is InChI=1S/C13H10N4S/c1-7-12(17-13(15)18-7)10-6-16-11-3-2-8(5-14)4-9(10)11/h2-4,6,16H,1H3,(H2,15,17). The van der Waals surface area contributed by atoms with Crippen molar-refractivity contribution in [2.75, 3.05) is 5.73 Å². The molecule has 5 heteroatoms. The van der Waals surface area contributed by atoms with Gasteiger partial charge in [-0.3, -0.25) is 0 Å². The van der Waals surface area contributed by atoms with Gasteiger partial charge < -0.3 is 10.7 Å². The lowest BCUT2D eigenvalue weighted by atomic mass is 10.1. The van der Waals surface area contributed by atoms with E-state index in [2.05, 4.69) is 16.0 Å². The van der Waals surface area contributed by atoms with Gasteiger partial charge in [0.2, 0.25) is 0 Å². The van der Waals surface area contributed by atoms with E-state index in [1.165, 1.54) is 11.3 Å². The average Bonchev–Trinajstić information content (AvgIpc) is 2.91. The third-order valence-electron chi connectivity index (χ3n) is 2.88. The van der Waals surface area contributed by atoms with Crippen molar-refractivity contribution >= 4 is 27.4 Å². The SMILES string of the molecule is Cc1sc(N)nc1-c1c[nH]c2ccc(C#N)cc12. The second-order valence-electron chi connectivity index (χ2n) is 4.03. The van der Waals surface area contributed by atoms with Gasteiger partial charge in [-0.15, -0.1) is 11.3 Å². The Bertz CT molecular complexity index is 776. The van der Waals surface area contributed by atoms with Gasteiger partial charge >= 0.3 is 0 Å². The Hall–Kier alpha value is -2.32. The number of anilines is 1. The van der Waals surface area contributed by atoms with Crippen molar-refractivity contribution < 1.29 is 0 Å². The number of aromatic amines is 1. The number of hydrogen-bond acceptors (Lipinski definition) is 4. The number of thiazole rings is 1. The number of aromatic nitrogens is 2. The Balaban J connectivity index is 2.30. The molecule has 2 aromatic heterocycles. The maximum Gasteiger partial charge on any atom is 0.180 e. The quantitative estimate of drug-likeness (QED) is 0.700. The van der Waals surface area contributed by atoms with Crippen LogP contribution >= 0.6 is 11.3 Å². The van der Waals surface area contributed by atoms with Crippen LogP contribution in [0.15, 0.2) is 24.4 Å². The minimum atomic E-state index is 0.563. The van der Waals surface area contributed by atoms with Crippen molar-refractivity contribution in [1.29, 1.82) is 5.26 Å². The summed E-state index contributed by atoms with van der Waals surface area (Å²) in [5.74, 6) is 0. The molecule has 0 bridgehead atoms. The fourth-order valence-corrected chi connectivity index (χ4v) is 2.76. The van der Waals surface area contributed by atoms with Crippen LogP contribution in [0.25, 0.3) is 22.2 Å². The van der Waals surface area contributed by atoms with Gasteiger partial charge in [-0.05, 0) is 25.1 Å². The van der Waals surface area contributed by atoms with Crippen LogP contribution in [-0.2, 0) is 0 Å². The molecular weight excluding hydrogens is 244 g/mol. The predicted octanol–water partition coefficient (Wildman–Crippen LogP) is 3.05. The number of aryl methyl sites for hydroxylation is 1. The number of benzene rings is 1. The smallest absolute Gasteiger partial charge is 0.180 e. The summed E-state index contributed by atoms with van der Waals surface area (Å²) >= 11 is 1.47. The summed E-state index contributed by atoms with van der Waals surface area (Å²) in [5, 5.41) is 10.5. The first-order valence-corrected chi connectivity index (χ1v) is 6.25. The van der Waals surface area contributed by atoms with Gasteiger partial charge in [-0.1, -0.05) is 0 Å². The van der Waals surface area contributed by atoms with E-state index in [9.17, 15) is 0 Å². The van der Waals surface area contributed by atoms with Crippen LogP contribution in [0, 0.1) is 18.3 Å². The Morgan fingerprint density at radius 1 is 1.44 bits per heavy atom. The van der Waals surface area contributed by atoms with Gasteiger partial charge in [0.1, 0.15) is 0 Å². The van der Waals surface area contributed by atoms with E-state index in [1.54, 1.807) is 6.07 Å². The highest BCUT2D eigenvalue weighted by Gasteiger charge is 2.13. The van der Waals surface area contributed by atoms with Crippen LogP contribution in [0.1, 0.15) is 10.4 Å². The molecule has 0 aliphatic carbocycles. The van der Waals surface area contributed by atoms with Crippen molar-refractivity contribution in [1.82, 2.24) is 9.97 Å². The number of nitrogen functional groups attached to an aromatic ring is 1. The zero-order chi connectivity index (χ0) is 12.7. The Labute approximate surface area is 108 Å². The summed E-state index contributed by atoms with van der Waals surface area (Å²) in [6, 6.07) is 7.72. The molecule has 2 heterocycles. The van der Waals surface area contributed by atoms with E-state index in [4.69, 9.17) is 11.0 Å². The molecule has 0 saturated heterocycles. The molecule has 0 amide bonds. The van der Waals surface area contributed by atoms with Crippen LogP contribution in [-0.4, -0.2) is 9.97 Å². The number of nitrogens with two attached hydrogens (primary N) is 1. The topological polar surface area (TPSA) is 78.5 Å². The van der Waals surface area contributed by atoms with E-state index >= 15 is 0 Å². The van der Waals surface area contributed by atoms with Crippen molar-refractivity contribution in [3.8, 4) is 17.3 Å². The highest BCUT2D eigenvalue weighted by atomic mass is 32.1. The van der Waals surface area contributed by atoms with Crippen LogP contribution in [0.4, 0.5) is 5.13 Å². The van der Waals surface area contributed by atoms with E-state index < -0.39 is 0 Å². The molecule has 3 aromatic rings. The maximum absolute atomic E-state index is 8.96. The molecule has 0 radical (unpaired) electrons. The van der Waals surface area contributed by atoms with Gasteiger partial charge in [0.05, 0.1) is 17.3 Å². The van der Waals surface area contributed by atoms with Gasteiger partial charge in [-0.2, -0.15) is 5.26 Å². The molecule has 0 aliphatic heterocycles. The average molecular weight is 254 g/mol. The molecule has 0 unspecified atom stereocenters. The van der Waals surface area contributed by atoms with Crippen LogP contribution in [0.3, 0.4) is 0 Å². The van der Waals surface area contributed by atoms with Gasteiger partial charge in [0.15, 0.2) is 5.13 Å². The Kier molecular flexibility index (Phi) is 2.32. The molecule has 18 heavy (non-hydrogen) atoms. The summed E-state index contributed by atoms with van der Waals surface area (Å²) in [5.41, 5.74) is 9.25. The molecule has 88 valence electrons. The minimum absolute atomic E-state index is 0.563. The van der Waals surface area contributed by atoms with Crippen LogP contribution in [0.5, 0.6) is 0 Å². The minimum Gasteiger partial charge on any atom is -0.375 e. The summed E-state index contributed by atoms with van der Waals surface area (Å²) in [4.78, 5) is 8.62. The second kappa shape index (κ2) is 3.86. The first-order valence-electron chi connectivity index (χ1n) is 5.43. The summed E-state index contributed by atoms with van der Waals surface area (Å²) in [7, 11) is 0. The fraction of sp³-hybridized carbons (Fsp3) is 0.0769. The highest BCUT2D eigenvalue weighted by Crippen LogP contribution is 2.34. The molecule has 3 N–H and O–H groups in total. The number of fused-ring (bicyclic) bond motifs is 1. The second-order valence-corrected chi connectivity index (χ2v) is 5.27. The van der Waals surface area contributed by atoms with Crippen molar-refractivity contribution in [3.63, 3.8) is 0 Å². The van der Waals surface area contributed by atoms with Gasteiger partial charge in [0, 0.05) is 27.5 Å². The van der Waals surface area contributed by atoms with Crippen molar-refractivity contribution in [2.45, 2.75) is 6.92 Å². The van der Waals surface area contributed by atoms with Gasteiger partial charge in [0.25, 0.3) is 0 Å². The van der Waals surface area contributed by atoms with E-state index in [-0.39, 0.29) is 0 Å². The monoisotopic (exact) mass is 254 g/mol. The molecule has 0 saturated carbocycles. The number of rotatable bonds is 1. The van der Waals surface area contributed by atoms with Crippen molar-refractivity contribution in [2.24, 2.45) is 0 Å². The number of nitrogens with one attached hydrogen (secondary N) is 1. The summed E-state index contributed by atoms with van der Waals surface area (Å²) in [6.45, 7) is 2.00. The summed E-state index contributed by atoms with van der Waals surface area (Å²) in [6.07, 6.45) is 1.91. The fourth-order valence-electron chi connectivity index (χ4n) is 2.05. The Morgan fingerprint density at radius 2 is 2.28 bits per heavy atom. The number of hydrogen-bond donors (Lipinski definition) is 2. The predicted molar refractivity (Wildman–Crippen MR) is 73.3 cm³/mol. The lowest BCUT2D eigenvalue weighted by Crippen LogP contribution is -1.83. The highest BCUT2D eigenvalue weighted by molar-refractivity contribution is 7.15. The van der Waals surface area contributed by atoms with Crippen LogP contribution < -0.4 is 5.73 Å². The summed E-state index contributed by atoms with van der Waals surface area (Å²) < 4.78 is 0. The first-order chi connectivity index (χ1) is 8.69. The van der Waals surface area contributed by atoms with E-state index in [1.807, 2.05) is 25.3 Å². The third kappa shape index (κ3) is 1.55. The van der Waals surface area contributed by atoms with E-state index in [0.717, 1.165) is 27.0 Å². The largest absolute Gasteiger partial charge is 0.375 e. The van der Waals surface area contributed by atoms with Crippen molar-refractivity contribution in [3.05, 3.63) is 34.8 Å². The molecule has 1 aromatic carbocycles. The molecular formula is C13H10N4S. The number of nitrogens with zero attached hydrogens (tertiary/aromatic N) is 2. The number of nitriles is 1. The third-order valence-corrected chi connectivity index (χ3v) is 3.68. The molecule has 4 nitrogen and oxygen atoms in total. The molecule has 0 atom stereocenters. The lowest BCUT2D eigenvalue weighted by Gasteiger charge is -1.97.